The molecule has 0 saturated carbocycles. The first-order valence-corrected chi connectivity index (χ1v) is 7.03. The molecule has 0 aliphatic heterocycles. The normalized spacial score (nSPS) is 11.0. The van der Waals surface area contributed by atoms with Gasteiger partial charge < -0.3 is 15.0 Å². The van der Waals surface area contributed by atoms with Gasteiger partial charge in [-0.15, -0.1) is 0 Å². The fraction of sp³-hybridized carbons (Fsp3) is 0.357. The second-order valence-electron chi connectivity index (χ2n) is 4.63. The molecule has 19 heavy (non-hydrogen) atoms. The van der Waals surface area contributed by atoms with Crippen molar-refractivity contribution >= 4 is 15.9 Å². The van der Waals surface area contributed by atoms with Crippen molar-refractivity contribution in [1.82, 2.24) is 9.55 Å². The Labute approximate surface area is 121 Å². The van der Waals surface area contributed by atoms with Gasteiger partial charge in [-0.05, 0) is 37.6 Å². The molecule has 102 valence electrons. The number of aromatic nitrogens is 2. The van der Waals surface area contributed by atoms with Crippen LogP contribution in [0.5, 0.6) is 5.75 Å². The quantitative estimate of drug-likeness (QED) is 0.918. The Kier molecular flexibility index (Phi) is 4.61. The number of nitrogens with two attached hydrogens (primary N) is 1. The highest BCUT2D eigenvalue weighted by Gasteiger charge is 2.07. The molecule has 0 bridgehead atoms. The fourth-order valence-electron chi connectivity index (χ4n) is 1.86. The molecule has 0 aliphatic carbocycles. The SMILES string of the molecule is CC(C)n1cncc1COc1ccc(Br)c(CN)c1. The lowest BCUT2D eigenvalue weighted by molar-refractivity contribution is 0.291. The van der Waals surface area contributed by atoms with E-state index in [1.807, 2.05) is 30.7 Å². The third-order valence-electron chi connectivity index (χ3n) is 2.93. The minimum Gasteiger partial charge on any atom is -0.487 e. The smallest absolute Gasteiger partial charge is 0.130 e. The van der Waals surface area contributed by atoms with Crippen molar-refractivity contribution < 1.29 is 4.74 Å². The zero-order chi connectivity index (χ0) is 13.8. The third kappa shape index (κ3) is 3.36. The monoisotopic (exact) mass is 323 g/mol. The number of rotatable bonds is 5. The van der Waals surface area contributed by atoms with Gasteiger partial charge in [-0.3, -0.25) is 0 Å². The summed E-state index contributed by atoms with van der Waals surface area (Å²) in [6.07, 6.45) is 3.67. The number of hydrogen-bond donors (Lipinski definition) is 1. The van der Waals surface area contributed by atoms with Crippen molar-refractivity contribution in [2.75, 3.05) is 0 Å². The second kappa shape index (κ2) is 6.21. The number of halogens is 1. The summed E-state index contributed by atoms with van der Waals surface area (Å²) in [5.74, 6) is 0.820. The Bertz CT molecular complexity index is 551. The predicted molar refractivity (Wildman–Crippen MR) is 79.0 cm³/mol. The maximum absolute atomic E-state index is 5.80. The van der Waals surface area contributed by atoms with Crippen molar-refractivity contribution in [3.05, 3.63) is 46.5 Å². The van der Waals surface area contributed by atoms with Crippen LogP contribution in [-0.4, -0.2) is 9.55 Å². The summed E-state index contributed by atoms with van der Waals surface area (Å²) in [4.78, 5) is 4.16. The third-order valence-corrected chi connectivity index (χ3v) is 3.70. The molecule has 2 N–H and O–H groups in total. The maximum Gasteiger partial charge on any atom is 0.130 e. The molecule has 0 aliphatic rings. The molecule has 1 heterocycles. The van der Waals surface area contributed by atoms with E-state index in [1.54, 1.807) is 0 Å². The average molecular weight is 324 g/mol. The van der Waals surface area contributed by atoms with Gasteiger partial charge in [-0.25, -0.2) is 4.98 Å². The lowest BCUT2D eigenvalue weighted by atomic mass is 10.2. The van der Waals surface area contributed by atoms with Crippen molar-refractivity contribution in [2.45, 2.75) is 33.0 Å². The summed E-state index contributed by atoms with van der Waals surface area (Å²) >= 11 is 3.46. The Morgan fingerprint density at radius 1 is 1.42 bits per heavy atom. The summed E-state index contributed by atoms with van der Waals surface area (Å²) in [6.45, 7) is 5.24. The highest BCUT2D eigenvalue weighted by atomic mass is 79.9. The molecule has 0 atom stereocenters. The van der Waals surface area contributed by atoms with Crippen molar-refractivity contribution in [1.29, 1.82) is 0 Å². The van der Waals surface area contributed by atoms with Crippen LogP contribution in [0.2, 0.25) is 0 Å². The van der Waals surface area contributed by atoms with Gasteiger partial charge in [0.05, 0.1) is 18.2 Å². The van der Waals surface area contributed by atoms with Gasteiger partial charge >= 0.3 is 0 Å². The van der Waals surface area contributed by atoms with E-state index in [4.69, 9.17) is 10.5 Å². The van der Waals surface area contributed by atoms with Crippen LogP contribution in [0, 0.1) is 0 Å². The summed E-state index contributed by atoms with van der Waals surface area (Å²) in [5.41, 5.74) is 7.77. The molecular weight excluding hydrogens is 306 g/mol. The summed E-state index contributed by atoms with van der Waals surface area (Å²) in [6, 6.07) is 6.22. The van der Waals surface area contributed by atoms with Gasteiger partial charge in [0.25, 0.3) is 0 Å². The summed E-state index contributed by atoms with van der Waals surface area (Å²) < 4.78 is 8.91. The largest absolute Gasteiger partial charge is 0.487 e. The topological polar surface area (TPSA) is 53.1 Å². The highest BCUT2D eigenvalue weighted by Crippen LogP contribution is 2.23. The minimum atomic E-state index is 0.380. The van der Waals surface area contributed by atoms with E-state index in [2.05, 4.69) is 39.3 Å². The molecule has 0 fully saturated rings. The Balaban J connectivity index is 2.08. The van der Waals surface area contributed by atoms with E-state index in [1.165, 1.54) is 0 Å². The molecule has 0 saturated heterocycles. The van der Waals surface area contributed by atoms with E-state index in [0.29, 0.717) is 19.2 Å². The molecule has 1 aromatic heterocycles. The van der Waals surface area contributed by atoms with Gasteiger partial charge in [0, 0.05) is 17.1 Å². The van der Waals surface area contributed by atoms with E-state index in [-0.39, 0.29) is 0 Å². The maximum atomic E-state index is 5.80. The van der Waals surface area contributed by atoms with Crippen LogP contribution >= 0.6 is 15.9 Å². The number of nitrogens with zero attached hydrogens (tertiary/aromatic N) is 2. The molecule has 2 aromatic rings. The molecule has 0 radical (unpaired) electrons. The number of benzene rings is 1. The van der Waals surface area contributed by atoms with E-state index in [0.717, 1.165) is 21.5 Å². The molecular formula is C14H18BrN3O. The first-order chi connectivity index (χ1) is 9.11. The van der Waals surface area contributed by atoms with Crippen LogP contribution in [0.3, 0.4) is 0 Å². The molecule has 0 unspecified atom stereocenters. The van der Waals surface area contributed by atoms with Gasteiger partial charge in [0.2, 0.25) is 0 Å². The van der Waals surface area contributed by atoms with Gasteiger partial charge in [-0.2, -0.15) is 0 Å². The zero-order valence-corrected chi connectivity index (χ0v) is 12.7. The molecule has 0 amide bonds. The molecule has 4 nitrogen and oxygen atoms in total. The molecule has 1 aromatic carbocycles. The van der Waals surface area contributed by atoms with Crippen LogP contribution in [0.1, 0.15) is 31.1 Å². The number of hydrogen-bond acceptors (Lipinski definition) is 3. The van der Waals surface area contributed by atoms with E-state index < -0.39 is 0 Å². The first kappa shape index (κ1) is 14.1. The Hall–Kier alpha value is -1.33. The lowest BCUT2D eigenvalue weighted by Crippen LogP contribution is -2.07. The van der Waals surface area contributed by atoms with E-state index >= 15 is 0 Å². The molecule has 0 spiro atoms. The zero-order valence-electron chi connectivity index (χ0n) is 11.1. The van der Waals surface area contributed by atoms with Gasteiger partial charge in [-0.1, -0.05) is 15.9 Å². The summed E-state index contributed by atoms with van der Waals surface area (Å²) in [5, 5.41) is 0. The number of ether oxygens (including phenoxy) is 1. The predicted octanol–water partition coefficient (Wildman–Crippen LogP) is 3.26. The lowest BCUT2D eigenvalue weighted by Gasteiger charge is -2.13. The van der Waals surface area contributed by atoms with Crippen molar-refractivity contribution in [3.63, 3.8) is 0 Å². The molecule has 2 rings (SSSR count). The van der Waals surface area contributed by atoms with Crippen LogP contribution < -0.4 is 10.5 Å². The number of imidazole rings is 1. The Morgan fingerprint density at radius 2 is 2.21 bits per heavy atom. The fourth-order valence-corrected chi connectivity index (χ4v) is 2.27. The van der Waals surface area contributed by atoms with Gasteiger partial charge in [0.15, 0.2) is 0 Å². The Morgan fingerprint density at radius 3 is 2.89 bits per heavy atom. The van der Waals surface area contributed by atoms with Crippen LogP contribution in [-0.2, 0) is 13.2 Å². The van der Waals surface area contributed by atoms with Crippen molar-refractivity contribution in [2.24, 2.45) is 5.73 Å². The highest BCUT2D eigenvalue weighted by molar-refractivity contribution is 9.10. The van der Waals surface area contributed by atoms with Crippen LogP contribution in [0.25, 0.3) is 0 Å². The van der Waals surface area contributed by atoms with Gasteiger partial charge in [0.1, 0.15) is 12.4 Å². The average Bonchev–Trinajstić information content (AvgIpc) is 2.86. The van der Waals surface area contributed by atoms with Crippen molar-refractivity contribution in [3.8, 4) is 5.75 Å². The van der Waals surface area contributed by atoms with E-state index in [9.17, 15) is 0 Å². The van der Waals surface area contributed by atoms with Crippen LogP contribution in [0.4, 0.5) is 0 Å². The standard InChI is InChI=1S/C14H18BrN3O/c1-10(2)18-9-17-7-12(18)8-19-13-3-4-14(15)11(5-13)6-16/h3-5,7,9-10H,6,8,16H2,1-2H3. The summed E-state index contributed by atoms with van der Waals surface area (Å²) in [7, 11) is 0. The second-order valence-corrected chi connectivity index (χ2v) is 5.49. The first-order valence-electron chi connectivity index (χ1n) is 6.23. The molecule has 5 heteroatoms. The minimum absolute atomic E-state index is 0.380. The van der Waals surface area contributed by atoms with Crippen LogP contribution in [0.15, 0.2) is 35.2 Å².